The largest absolute Gasteiger partial charge is 0.460 e. The molecule has 0 aromatic heterocycles. The Morgan fingerprint density at radius 2 is 1.23 bits per heavy atom. The summed E-state index contributed by atoms with van der Waals surface area (Å²) in [6, 6.07) is 6.58. The summed E-state index contributed by atoms with van der Waals surface area (Å²) in [6.45, 7) is 0. The summed E-state index contributed by atoms with van der Waals surface area (Å²) < 4.78 is 113. The van der Waals surface area contributed by atoms with Gasteiger partial charge in [0.1, 0.15) is 0 Å². The SMILES string of the molecule is FC(F)(F)C(F)(F)C(F)(F)C(F)(F)/C=C(\I)c1ccccc1. The molecule has 0 spiro atoms. The zero-order chi connectivity index (χ0) is 17.4. The third-order valence-electron chi connectivity index (χ3n) is 2.53. The van der Waals surface area contributed by atoms with Crippen molar-refractivity contribution in [1.29, 1.82) is 0 Å². The predicted molar refractivity (Wildman–Crippen MR) is 69.3 cm³/mol. The van der Waals surface area contributed by atoms with Crippen molar-refractivity contribution < 1.29 is 39.5 Å². The molecule has 0 bridgehead atoms. The summed E-state index contributed by atoms with van der Waals surface area (Å²) >= 11 is 1.14. The van der Waals surface area contributed by atoms with Crippen LogP contribution in [0.2, 0.25) is 0 Å². The first-order valence-corrected chi connectivity index (χ1v) is 6.46. The number of alkyl halides is 9. The molecule has 0 aliphatic rings. The van der Waals surface area contributed by atoms with Gasteiger partial charge in [0.05, 0.1) is 0 Å². The lowest BCUT2D eigenvalue weighted by molar-refractivity contribution is -0.388. The normalized spacial score (nSPS) is 15.1. The van der Waals surface area contributed by atoms with E-state index in [-0.39, 0.29) is 5.56 Å². The van der Waals surface area contributed by atoms with Gasteiger partial charge in [-0.05, 0) is 28.2 Å². The lowest BCUT2D eigenvalue weighted by atomic mass is 10.0. The van der Waals surface area contributed by atoms with Gasteiger partial charge < -0.3 is 0 Å². The molecular formula is C12H6F9I. The number of benzene rings is 1. The van der Waals surface area contributed by atoms with E-state index in [0.717, 1.165) is 22.6 Å². The molecule has 0 aliphatic heterocycles. The molecular weight excluding hydrogens is 442 g/mol. The highest BCUT2D eigenvalue weighted by molar-refractivity contribution is 14.1. The van der Waals surface area contributed by atoms with Crippen LogP contribution in [0.15, 0.2) is 36.4 Å². The third kappa shape index (κ3) is 3.35. The third-order valence-corrected chi connectivity index (χ3v) is 3.46. The van der Waals surface area contributed by atoms with Crippen LogP contribution in [0.5, 0.6) is 0 Å². The van der Waals surface area contributed by atoms with Gasteiger partial charge in [0, 0.05) is 9.66 Å². The fourth-order valence-electron chi connectivity index (χ4n) is 1.32. The van der Waals surface area contributed by atoms with E-state index < -0.39 is 33.6 Å². The van der Waals surface area contributed by atoms with Crippen molar-refractivity contribution in [3.8, 4) is 0 Å². The molecule has 0 atom stereocenters. The Kier molecular flexibility index (Phi) is 5.15. The Labute approximate surface area is 132 Å². The van der Waals surface area contributed by atoms with Gasteiger partial charge in [-0.2, -0.15) is 39.5 Å². The van der Waals surface area contributed by atoms with Gasteiger partial charge in [-0.15, -0.1) is 0 Å². The van der Waals surface area contributed by atoms with Crippen LogP contribution in [-0.2, 0) is 0 Å². The molecule has 124 valence electrons. The van der Waals surface area contributed by atoms with E-state index in [1.807, 2.05) is 0 Å². The van der Waals surface area contributed by atoms with E-state index in [2.05, 4.69) is 0 Å². The fraction of sp³-hybridized carbons (Fsp3) is 0.333. The van der Waals surface area contributed by atoms with Gasteiger partial charge >= 0.3 is 23.9 Å². The molecule has 0 radical (unpaired) electrons. The molecule has 0 saturated heterocycles. The predicted octanol–water partition coefficient (Wildman–Crippen LogP) is 5.93. The number of hydrogen-bond acceptors (Lipinski definition) is 0. The lowest BCUT2D eigenvalue weighted by Gasteiger charge is -2.32. The Morgan fingerprint density at radius 1 is 0.773 bits per heavy atom. The van der Waals surface area contributed by atoms with Crippen molar-refractivity contribution in [2.45, 2.75) is 23.9 Å². The quantitative estimate of drug-likeness (QED) is 0.396. The van der Waals surface area contributed by atoms with Gasteiger partial charge in [-0.25, -0.2) is 0 Å². The van der Waals surface area contributed by atoms with Crippen LogP contribution < -0.4 is 0 Å². The number of hydrogen-bond donors (Lipinski definition) is 0. The summed E-state index contributed by atoms with van der Waals surface area (Å²) in [5, 5.41) is 0. The van der Waals surface area contributed by atoms with Gasteiger partial charge in [-0.3, -0.25) is 0 Å². The van der Waals surface area contributed by atoms with Crippen molar-refractivity contribution in [3.05, 3.63) is 42.0 Å². The van der Waals surface area contributed by atoms with Crippen LogP contribution in [0.3, 0.4) is 0 Å². The first-order valence-electron chi connectivity index (χ1n) is 5.38. The van der Waals surface area contributed by atoms with Crippen LogP contribution in [-0.4, -0.2) is 23.9 Å². The molecule has 0 N–H and O–H groups in total. The van der Waals surface area contributed by atoms with Gasteiger partial charge in [0.15, 0.2) is 0 Å². The zero-order valence-corrected chi connectivity index (χ0v) is 12.4. The molecule has 0 aliphatic carbocycles. The summed E-state index contributed by atoms with van der Waals surface area (Å²) in [5.74, 6) is -19.2. The number of allylic oxidation sites excluding steroid dienone is 1. The average Bonchev–Trinajstić information content (AvgIpc) is 2.37. The second kappa shape index (κ2) is 5.93. The van der Waals surface area contributed by atoms with Crippen molar-refractivity contribution in [3.63, 3.8) is 0 Å². The van der Waals surface area contributed by atoms with E-state index in [4.69, 9.17) is 0 Å². The molecule has 0 heterocycles. The molecule has 10 heteroatoms. The van der Waals surface area contributed by atoms with Crippen LogP contribution in [0.4, 0.5) is 39.5 Å². The van der Waals surface area contributed by atoms with Crippen LogP contribution in [0.25, 0.3) is 3.58 Å². The minimum Gasteiger partial charge on any atom is -0.195 e. The second-order valence-electron chi connectivity index (χ2n) is 4.13. The van der Waals surface area contributed by atoms with Gasteiger partial charge in [0.2, 0.25) is 0 Å². The minimum absolute atomic E-state index is 0.0334. The average molecular weight is 448 g/mol. The molecule has 0 fully saturated rings. The van der Waals surface area contributed by atoms with E-state index in [9.17, 15) is 39.5 Å². The zero-order valence-electron chi connectivity index (χ0n) is 10.2. The Balaban J connectivity index is 3.28. The van der Waals surface area contributed by atoms with Crippen molar-refractivity contribution in [2.24, 2.45) is 0 Å². The van der Waals surface area contributed by atoms with E-state index in [1.54, 1.807) is 0 Å². The molecule has 0 unspecified atom stereocenters. The standard InChI is InChI=1S/C12H6F9I/c13-9(14,6-8(22)7-4-2-1-3-5-7)10(15,16)11(17,18)12(19,20)21/h1-6H/b8-6-. The first kappa shape index (κ1) is 19.1. The summed E-state index contributed by atoms with van der Waals surface area (Å²) in [5.41, 5.74) is -0.0334. The van der Waals surface area contributed by atoms with E-state index in [1.165, 1.54) is 30.3 Å². The number of halogens is 10. The van der Waals surface area contributed by atoms with Crippen LogP contribution in [0, 0.1) is 0 Å². The van der Waals surface area contributed by atoms with Crippen LogP contribution >= 0.6 is 22.6 Å². The van der Waals surface area contributed by atoms with Crippen molar-refractivity contribution in [2.75, 3.05) is 0 Å². The monoisotopic (exact) mass is 448 g/mol. The highest BCUT2D eigenvalue weighted by Gasteiger charge is 2.81. The Morgan fingerprint density at radius 3 is 1.64 bits per heavy atom. The maximum Gasteiger partial charge on any atom is 0.460 e. The van der Waals surface area contributed by atoms with Crippen molar-refractivity contribution in [1.82, 2.24) is 0 Å². The molecule has 0 amide bonds. The molecule has 0 nitrogen and oxygen atoms in total. The highest BCUT2D eigenvalue weighted by atomic mass is 127. The molecule has 0 saturated carbocycles. The summed E-state index contributed by atoms with van der Waals surface area (Å²) in [7, 11) is 0. The summed E-state index contributed by atoms with van der Waals surface area (Å²) in [4.78, 5) is 0. The highest BCUT2D eigenvalue weighted by Crippen LogP contribution is 2.54. The van der Waals surface area contributed by atoms with Crippen LogP contribution in [0.1, 0.15) is 5.56 Å². The number of rotatable bonds is 4. The molecule has 1 aromatic carbocycles. The Bertz CT molecular complexity index is 545. The maximum absolute atomic E-state index is 13.4. The first-order chi connectivity index (χ1) is 9.74. The molecule has 1 rings (SSSR count). The molecule has 1 aromatic rings. The second-order valence-corrected chi connectivity index (χ2v) is 5.29. The van der Waals surface area contributed by atoms with E-state index in [0.29, 0.717) is 0 Å². The van der Waals surface area contributed by atoms with E-state index >= 15 is 0 Å². The minimum atomic E-state index is -6.88. The van der Waals surface area contributed by atoms with Gasteiger partial charge in [0.25, 0.3) is 0 Å². The van der Waals surface area contributed by atoms with Crippen molar-refractivity contribution >= 4 is 26.2 Å². The molecule has 22 heavy (non-hydrogen) atoms. The summed E-state index contributed by atoms with van der Waals surface area (Å²) in [6.07, 6.45) is -7.42. The maximum atomic E-state index is 13.4. The lowest BCUT2D eigenvalue weighted by Crippen LogP contribution is -2.60. The van der Waals surface area contributed by atoms with Gasteiger partial charge in [-0.1, -0.05) is 30.3 Å². The topological polar surface area (TPSA) is 0 Å². The fourth-order valence-corrected chi connectivity index (χ4v) is 2.07. The Hall–Kier alpha value is -0.940. The smallest absolute Gasteiger partial charge is 0.195 e.